The van der Waals surface area contributed by atoms with E-state index < -0.39 is 0 Å². The Hall–Kier alpha value is -2.80. The van der Waals surface area contributed by atoms with E-state index in [1.807, 2.05) is 24.3 Å². The minimum Gasteiger partial charge on any atom is -0.497 e. The van der Waals surface area contributed by atoms with E-state index in [2.05, 4.69) is 33.1 Å². The molecule has 136 valence electrons. The van der Waals surface area contributed by atoms with Crippen molar-refractivity contribution in [3.63, 3.8) is 0 Å². The van der Waals surface area contributed by atoms with Gasteiger partial charge >= 0.3 is 0 Å². The van der Waals surface area contributed by atoms with Gasteiger partial charge in [-0.25, -0.2) is 0 Å². The van der Waals surface area contributed by atoms with Crippen LogP contribution in [0.1, 0.15) is 19.8 Å². The lowest BCUT2D eigenvalue weighted by Crippen LogP contribution is -2.26. The van der Waals surface area contributed by atoms with Crippen LogP contribution in [0.5, 0.6) is 5.75 Å². The van der Waals surface area contributed by atoms with Crippen molar-refractivity contribution in [2.45, 2.75) is 32.4 Å². The zero-order valence-electron chi connectivity index (χ0n) is 14.9. The van der Waals surface area contributed by atoms with E-state index in [-0.39, 0.29) is 12.0 Å². The van der Waals surface area contributed by atoms with Gasteiger partial charge in [0.1, 0.15) is 11.9 Å². The first-order valence-corrected chi connectivity index (χ1v) is 8.85. The summed E-state index contributed by atoms with van der Waals surface area (Å²) in [5.74, 6) is 1.19. The highest BCUT2D eigenvalue weighted by Gasteiger charge is 2.24. The number of anilines is 1. The minimum atomic E-state index is -0.371. The third-order valence-electron chi connectivity index (χ3n) is 4.75. The number of hydrogen-bond donors (Lipinski definition) is 2. The normalized spacial score (nSPS) is 16.9. The molecule has 26 heavy (non-hydrogen) atoms. The fraction of sp³-hybridized carbons (Fsp3) is 0.368. The number of benzene rings is 1. The number of ether oxygens (including phenoxy) is 2. The van der Waals surface area contributed by atoms with Crippen LogP contribution in [0.25, 0.3) is 22.3 Å². The van der Waals surface area contributed by atoms with Crippen LogP contribution in [0.15, 0.2) is 30.3 Å². The summed E-state index contributed by atoms with van der Waals surface area (Å²) in [7, 11) is 1.67. The third-order valence-corrected chi connectivity index (χ3v) is 4.75. The molecule has 0 radical (unpaired) electrons. The number of aromatic nitrogens is 3. The number of nitrogens with zero attached hydrogens (tertiary/aromatic N) is 2. The second kappa shape index (κ2) is 6.84. The molecule has 1 aliphatic rings. The molecular weight excluding hydrogens is 332 g/mol. The molecule has 3 heterocycles. The topological polar surface area (TPSA) is 81.2 Å². The lowest BCUT2D eigenvalue weighted by atomic mass is 10.2. The quantitative estimate of drug-likeness (QED) is 0.737. The summed E-state index contributed by atoms with van der Waals surface area (Å²) in [6.45, 7) is 3.55. The molecule has 1 atom stereocenters. The van der Waals surface area contributed by atoms with E-state index in [0.717, 1.165) is 47.4 Å². The van der Waals surface area contributed by atoms with E-state index in [9.17, 15) is 4.79 Å². The first kappa shape index (κ1) is 16.7. The fourth-order valence-electron chi connectivity index (χ4n) is 3.43. The highest BCUT2D eigenvalue weighted by atomic mass is 16.5. The molecule has 1 fully saturated rings. The van der Waals surface area contributed by atoms with Crippen molar-refractivity contribution in [3.8, 4) is 17.1 Å². The summed E-state index contributed by atoms with van der Waals surface area (Å²) >= 11 is 0. The van der Waals surface area contributed by atoms with Crippen molar-refractivity contribution in [1.29, 1.82) is 0 Å². The van der Waals surface area contributed by atoms with Gasteiger partial charge in [0.15, 0.2) is 5.82 Å². The van der Waals surface area contributed by atoms with Crippen molar-refractivity contribution >= 4 is 22.6 Å². The number of hydrogen-bond acceptors (Lipinski definition) is 4. The van der Waals surface area contributed by atoms with Crippen LogP contribution in [0.3, 0.4) is 0 Å². The molecule has 7 heteroatoms. The maximum Gasteiger partial charge on any atom is 0.254 e. The Kier molecular flexibility index (Phi) is 4.38. The summed E-state index contributed by atoms with van der Waals surface area (Å²) < 4.78 is 12.9. The molecule has 2 aromatic heterocycles. The zero-order valence-corrected chi connectivity index (χ0v) is 14.9. The molecule has 1 aliphatic heterocycles. The van der Waals surface area contributed by atoms with Gasteiger partial charge in [-0.05, 0) is 38.0 Å². The Labute approximate surface area is 151 Å². The molecule has 1 amide bonds. The standard InChI is InChI=1S/C19H22N4O3/c1-3-23-15-10-13(25-2)7-6-12(15)9-16(23)14-11-18(22-21-14)20-19(24)17-5-4-8-26-17/h6-7,9-11,17H,3-5,8H2,1-2H3,(H2,20,21,22,24). The van der Waals surface area contributed by atoms with Gasteiger partial charge in [0.05, 0.1) is 24.0 Å². The van der Waals surface area contributed by atoms with Gasteiger partial charge in [0.2, 0.25) is 0 Å². The average Bonchev–Trinajstić information content (AvgIpc) is 3.39. The van der Waals surface area contributed by atoms with Crippen molar-refractivity contribution in [3.05, 3.63) is 30.3 Å². The maximum atomic E-state index is 12.2. The average molecular weight is 354 g/mol. The number of fused-ring (bicyclic) bond motifs is 1. The molecular formula is C19H22N4O3. The molecule has 4 rings (SSSR count). The first-order valence-electron chi connectivity index (χ1n) is 8.85. The van der Waals surface area contributed by atoms with Gasteiger partial charge in [0, 0.05) is 30.7 Å². The highest BCUT2D eigenvalue weighted by Crippen LogP contribution is 2.30. The predicted octanol–water partition coefficient (Wildman–Crippen LogP) is 3.18. The SMILES string of the molecule is CCn1c(-c2cc(NC(=O)C3CCCO3)n[nH]2)cc2ccc(OC)cc21. The molecule has 0 aliphatic carbocycles. The molecule has 1 saturated heterocycles. The summed E-state index contributed by atoms with van der Waals surface area (Å²) in [5, 5.41) is 11.2. The lowest BCUT2D eigenvalue weighted by Gasteiger charge is -2.08. The minimum absolute atomic E-state index is 0.138. The number of rotatable bonds is 5. The zero-order chi connectivity index (χ0) is 18.1. The van der Waals surface area contributed by atoms with Gasteiger partial charge in [-0.15, -0.1) is 0 Å². The van der Waals surface area contributed by atoms with Crippen LogP contribution >= 0.6 is 0 Å². The Bertz CT molecular complexity index is 938. The van der Waals surface area contributed by atoms with Gasteiger partial charge in [0.25, 0.3) is 5.91 Å². The van der Waals surface area contributed by atoms with Gasteiger partial charge < -0.3 is 19.4 Å². The summed E-state index contributed by atoms with van der Waals surface area (Å²) in [5.41, 5.74) is 2.96. The molecule has 7 nitrogen and oxygen atoms in total. The maximum absolute atomic E-state index is 12.2. The second-order valence-corrected chi connectivity index (χ2v) is 6.36. The predicted molar refractivity (Wildman–Crippen MR) is 99.3 cm³/mol. The monoisotopic (exact) mass is 354 g/mol. The van der Waals surface area contributed by atoms with Crippen LogP contribution < -0.4 is 10.1 Å². The van der Waals surface area contributed by atoms with Crippen LogP contribution in [-0.2, 0) is 16.1 Å². The smallest absolute Gasteiger partial charge is 0.254 e. The van der Waals surface area contributed by atoms with Crippen molar-refractivity contribution in [1.82, 2.24) is 14.8 Å². The Morgan fingerprint density at radius 1 is 1.42 bits per heavy atom. The Morgan fingerprint density at radius 3 is 3.04 bits per heavy atom. The van der Waals surface area contributed by atoms with E-state index in [1.54, 1.807) is 7.11 Å². The van der Waals surface area contributed by atoms with E-state index >= 15 is 0 Å². The number of aromatic amines is 1. The number of H-pyrrole nitrogens is 1. The van der Waals surface area contributed by atoms with E-state index in [0.29, 0.717) is 12.4 Å². The number of carbonyl (C=O) groups is 1. The molecule has 0 spiro atoms. The third kappa shape index (κ3) is 2.94. The second-order valence-electron chi connectivity index (χ2n) is 6.36. The molecule has 0 bridgehead atoms. The highest BCUT2D eigenvalue weighted by molar-refractivity contribution is 5.94. The van der Waals surface area contributed by atoms with Crippen LogP contribution in [0, 0.1) is 0 Å². The first-order chi connectivity index (χ1) is 12.7. The summed E-state index contributed by atoms with van der Waals surface area (Å²) in [6.07, 6.45) is 1.31. The molecule has 1 unspecified atom stereocenters. The molecule has 1 aromatic carbocycles. The molecule has 3 aromatic rings. The molecule has 2 N–H and O–H groups in total. The van der Waals surface area contributed by atoms with Crippen LogP contribution in [-0.4, -0.2) is 40.5 Å². The van der Waals surface area contributed by atoms with E-state index in [1.165, 1.54) is 0 Å². The van der Waals surface area contributed by atoms with Crippen molar-refractivity contribution in [2.75, 3.05) is 19.0 Å². The van der Waals surface area contributed by atoms with Crippen LogP contribution in [0.4, 0.5) is 5.82 Å². The van der Waals surface area contributed by atoms with Gasteiger partial charge in [-0.3, -0.25) is 9.89 Å². The summed E-state index contributed by atoms with van der Waals surface area (Å²) in [6, 6.07) is 9.98. The number of methoxy groups -OCH3 is 1. The number of carbonyl (C=O) groups excluding carboxylic acids is 1. The lowest BCUT2D eigenvalue weighted by molar-refractivity contribution is -0.124. The number of amides is 1. The summed E-state index contributed by atoms with van der Waals surface area (Å²) in [4.78, 5) is 12.2. The number of aryl methyl sites for hydroxylation is 1. The van der Waals surface area contributed by atoms with Crippen molar-refractivity contribution < 1.29 is 14.3 Å². The number of nitrogens with one attached hydrogen (secondary N) is 2. The van der Waals surface area contributed by atoms with Gasteiger partial charge in [-0.2, -0.15) is 5.10 Å². The largest absolute Gasteiger partial charge is 0.497 e. The van der Waals surface area contributed by atoms with Crippen molar-refractivity contribution in [2.24, 2.45) is 0 Å². The molecule has 0 saturated carbocycles. The Balaban J connectivity index is 1.63. The van der Waals surface area contributed by atoms with Crippen LogP contribution in [0.2, 0.25) is 0 Å². The Morgan fingerprint density at radius 2 is 2.31 bits per heavy atom. The fourth-order valence-corrected chi connectivity index (χ4v) is 3.43. The van der Waals surface area contributed by atoms with E-state index in [4.69, 9.17) is 9.47 Å². The van der Waals surface area contributed by atoms with Gasteiger partial charge in [-0.1, -0.05) is 0 Å².